The monoisotopic (exact) mass is 355 g/mol. The van der Waals surface area contributed by atoms with Crippen molar-refractivity contribution in [2.75, 3.05) is 18.5 Å². The fourth-order valence-electron chi connectivity index (χ4n) is 1.95. The minimum absolute atomic E-state index is 0.00101. The highest BCUT2D eigenvalue weighted by molar-refractivity contribution is 5.62. The Balaban J connectivity index is 2.31. The smallest absolute Gasteiger partial charge is 0.423 e. The molecule has 0 fully saturated rings. The average Bonchev–Trinajstić information content (AvgIpc) is 2.54. The van der Waals surface area contributed by atoms with E-state index in [4.69, 9.17) is 9.47 Å². The van der Waals surface area contributed by atoms with E-state index in [2.05, 4.69) is 15.3 Å². The number of anilines is 2. The van der Waals surface area contributed by atoms with Gasteiger partial charge in [-0.05, 0) is 25.0 Å². The molecule has 1 aromatic carbocycles. The van der Waals surface area contributed by atoms with Gasteiger partial charge in [0.15, 0.2) is 0 Å². The molecule has 0 saturated heterocycles. The lowest BCUT2D eigenvalue weighted by molar-refractivity contribution is -0.139. The highest BCUT2D eigenvalue weighted by atomic mass is 19.4. The van der Waals surface area contributed by atoms with E-state index in [1.54, 1.807) is 24.3 Å². The molecule has 0 radical (unpaired) electrons. The fraction of sp³-hybridized carbons (Fsp3) is 0.412. The number of hydrogen-bond acceptors (Lipinski definition) is 5. The van der Waals surface area contributed by atoms with Gasteiger partial charge in [-0.1, -0.05) is 26.0 Å². The van der Waals surface area contributed by atoms with E-state index in [1.165, 1.54) is 0 Å². The Kier molecular flexibility index (Phi) is 6.06. The normalized spacial score (nSPS) is 11.5. The topological polar surface area (TPSA) is 56.3 Å². The van der Waals surface area contributed by atoms with Gasteiger partial charge < -0.3 is 14.8 Å². The lowest BCUT2D eigenvalue weighted by Gasteiger charge is -2.16. The molecule has 25 heavy (non-hydrogen) atoms. The standard InChI is InChI=1S/C17H20F3N3O2/c1-4-24-14-8-6-5-7-13(14)22-16-21-9-12(17(18,19)20)15(23-16)25-10-11(2)3/h5-9,11H,4,10H2,1-3H3,(H,21,22,23). The lowest BCUT2D eigenvalue weighted by atomic mass is 10.2. The van der Waals surface area contributed by atoms with E-state index in [0.717, 1.165) is 0 Å². The Bertz CT molecular complexity index is 706. The minimum Gasteiger partial charge on any atom is -0.492 e. The van der Waals surface area contributed by atoms with Crippen LogP contribution in [0.5, 0.6) is 11.6 Å². The molecular formula is C17H20F3N3O2. The number of halogens is 3. The summed E-state index contributed by atoms with van der Waals surface area (Å²) in [5.74, 6) is 0.121. The Morgan fingerprint density at radius 1 is 1.16 bits per heavy atom. The number of rotatable bonds is 7. The van der Waals surface area contributed by atoms with Crippen LogP contribution < -0.4 is 14.8 Å². The molecule has 0 unspecified atom stereocenters. The third-order valence-electron chi connectivity index (χ3n) is 3.05. The van der Waals surface area contributed by atoms with Crippen LogP contribution in [0, 0.1) is 5.92 Å². The van der Waals surface area contributed by atoms with Gasteiger partial charge in [-0.25, -0.2) is 4.98 Å². The SMILES string of the molecule is CCOc1ccccc1Nc1ncc(C(F)(F)F)c(OCC(C)C)n1. The van der Waals surface area contributed by atoms with Crippen LogP contribution in [0.4, 0.5) is 24.8 Å². The van der Waals surface area contributed by atoms with Gasteiger partial charge in [0.25, 0.3) is 0 Å². The van der Waals surface area contributed by atoms with Crippen LogP contribution in [0.3, 0.4) is 0 Å². The van der Waals surface area contributed by atoms with Crippen LogP contribution in [-0.4, -0.2) is 23.2 Å². The molecule has 136 valence electrons. The number of ether oxygens (including phenoxy) is 2. The number of nitrogens with one attached hydrogen (secondary N) is 1. The van der Waals surface area contributed by atoms with E-state index < -0.39 is 17.6 Å². The van der Waals surface area contributed by atoms with Crippen molar-refractivity contribution in [1.29, 1.82) is 0 Å². The molecule has 8 heteroatoms. The summed E-state index contributed by atoms with van der Waals surface area (Å²) < 4.78 is 50.0. The maximum atomic E-state index is 13.1. The Morgan fingerprint density at radius 3 is 2.52 bits per heavy atom. The predicted octanol–water partition coefficient (Wildman–Crippen LogP) is 4.67. The second-order valence-electron chi connectivity index (χ2n) is 5.67. The van der Waals surface area contributed by atoms with Crippen molar-refractivity contribution in [2.45, 2.75) is 26.9 Å². The number of alkyl halides is 3. The molecule has 0 aliphatic heterocycles. The van der Waals surface area contributed by atoms with E-state index in [9.17, 15) is 13.2 Å². The van der Waals surface area contributed by atoms with Crippen LogP contribution in [0.15, 0.2) is 30.5 Å². The summed E-state index contributed by atoms with van der Waals surface area (Å²) >= 11 is 0. The maximum absolute atomic E-state index is 13.1. The highest BCUT2D eigenvalue weighted by Crippen LogP contribution is 2.36. The van der Waals surface area contributed by atoms with Gasteiger partial charge in [0.2, 0.25) is 11.8 Å². The fourth-order valence-corrected chi connectivity index (χ4v) is 1.95. The van der Waals surface area contributed by atoms with Crippen molar-refractivity contribution >= 4 is 11.6 Å². The predicted molar refractivity (Wildman–Crippen MR) is 88.3 cm³/mol. The molecular weight excluding hydrogens is 335 g/mol. The van der Waals surface area contributed by atoms with Crippen molar-refractivity contribution in [3.63, 3.8) is 0 Å². The van der Waals surface area contributed by atoms with Gasteiger partial charge in [-0.15, -0.1) is 0 Å². The number of para-hydroxylation sites is 2. The third kappa shape index (κ3) is 5.23. The molecule has 0 saturated carbocycles. The molecule has 5 nitrogen and oxygen atoms in total. The molecule has 0 aliphatic carbocycles. The van der Waals surface area contributed by atoms with Crippen LogP contribution in [0.25, 0.3) is 0 Å². The minimum atomic E-state index is -4.59. The number of nitrogens with zero attached hydrogens (tertiary/aromatic N) is 2. The van der Waals surface area contributed by atoms with Crippen molar-refractivity contribution < 1.29 is 22.6 Å². The molecule has 2 rings (SSSR count). The van der Waals surface area contributed by atoms with E-state index in [-0.39, 0.29) is 18.5 Å². The van der Waals surface area contributed by atoms with Crippen molar-refractivity contribution in [1.82, 2.24) is 9.97 Å². The van der Waals surface area contributed by atoms with Crippen LogP contribution in [0.2, 0.25) is 0 Å². The molecule has 0 bridgehead atoms. The first-order valence-corrected chi connectivity index (χ1v) is 7.87. The van der Waals surface area contributed by atoms with Gasteiger partial charge in [0.05, 0.1) is 18.9 Å². The summed E-state index contributed by atoms with van der Waals surface area (Å²) in [7, 11) is 0. The molecule has 0 spiro atoms. The highest BCUT2D eigenvalue weighted by Gasteiger charge is 2.36. The first kappa shape index (κ1) is 18.8. The Morgan fingerprint density at radius 2 is 1.88 bits per heavy atom. The molecule has 0 atom stereocenters. The summed E-state index contributed by atoms with van der Waals surface area (Å²) in [5, 5.41) is 2.87. The summed E-state index contributed by atoms with van der Waals surface area (Å²) in [6, 6.07) is 7.03. The van der Waals surface area contributed by atoms with Gasteiger partial charge >= 0.3 is 6.18 Å². The van der Waals surface area contributed by atoms with Crippen molar-refractivity contribution in [3.8, 4) is 11.6 Å². The van der Waals surface area contributed by atoms with E-state index in [0.29, 0.717) is 24.2 Å². The van der Waals surface area contributed by atoms with Crippen LogP contribution >= 0.6 is 0 Å². The van der Waals surface area contributed by atoms with Gasteiger partial charge in [-0.2, -0.15) is 18.2 Å². The zero-order valence-corrected chi connectivity index (χ0v) is 14.2. The van der Waals surface area contributed by atoms with E-state index in [1.807, 2.05) is 20.8 Å². The molecule has 0 aliphatic rings. The number of benzene rings is 1. The summed E-state index contributed by atoms with van der Waals surface area (Å²) in [5.41, 5.74) is -0.448. The molecule has 1 heterocycles. The second kappa shape index (κ2) is 8.04. The first-order chi connectivity index (χ1) is 11.8. The average molecular weight is 355 g/mol. The maximum Gasteiger partial charge on any atom is 0.423 e. The Labute approximate surface area is 144 Å². The summed E-state index contributed by atoms with van der Waals surface area (Å²) in [4.78, 5) is 7.64. The van der Waals surface area contributed by atoms with Crippen molar-refractivity contribution in [3.05, 3.63) is 36.0 Å². The Hall–Kier alpha value is -2.51. The molecule has 2 aromatic rings. The van der Waals surface area contributed by atoms with Crippen LogP contribution in [-0.2, 0) is 6.18 Å². The zero-order valence-electron chi connectivity index (χ0n) is 14.2. The van der Waals surface area contributed by atoms with Crippen LogP contribution in [0.1, 0.15) is 26.3 Å². The summed E-state index contributed by atoms with van der Waals surface area (Å²) in [6.07, 6.45) is -3.87. The number of aromatic nitrogens is 2. The molecule has 1 aromatic heterocycles. The number of hydrogen-bond donors (Lipinski definition) is 1. The van der Waals surface area contributed by atoms with Crippen molar-refractivity contribution in [2.24, 2.45) is 5.92 Å². The molecule has 0 amide bonds. The van der Waals surface area contributed by atoms with Gasteiger partial charge in [0, 0.05) is 6.20 Å². The van der Waals surface area contributed by atoms with Gasteiger partial charge in [-0.3, -0.25) is 0 Å². The zero-order chi connectivity index (χ0) is 18.4. The first-order valence-electron chi connectivity index (χ1n) is 7.87. The second-order valence-corrected chi connectivity index (χ2v) is 5.67. The van der Waals surface area contributed by atoms with E-state index >= 15 is 0 Å². The van der Waals surface area contributed by atoms with Gasteiger partial charge in [0.1, 0.15) is 11.3 Å². The third-order valence-corrected chi connectivity index (χ3v) is 3.05. The quantitative estimate of drug-likeness (QED) is 0.782. The molecule has 1 N–H and O–H groups in total. The largest absolute Gasteiger partial charge is 0.492 e. The summed E-state index contributed by atoms with van der Waals surface area (Å²) in [6.45, 7) is 6.09. The lowest BCUT2D eigenvalue weighted by Crippen LogP contribution is -2.14.